The van der Waals surface area contributed by atoms with Crippen LogP contribution < -0.4 is 10.5 Å². The average molecular weight is 448 g/mol. The van der Waals surface area contributed by atoms with Crippen LogP contribution in [0.5, 0.6) is 5.75 Å². The third-order valence-electron chi connectivity index (χ3n) is 5.50. The van der Waals surface area contributed by atoms with E-state index in [1.807, 2.05) is 30.3 Å². The van der Waals surface area contributed by atoms with E-state index in [1.165, 1.54) is 55.2 Å². The van der Waals surface area contributed by atoms with E-state index in [0.717, 1.165) is 18.6 Å². The summed E-state index contributed by atoms with van der Waals surface area (Å²) < 4.78 is 11.6. The normalized spacial score (nSPS) is 11.2. The highest BCUT2D eigenvalue weighted by molar-refractivity contribution is 5.85. The van der Waals surface area contributed by atoms with Crippen LogP contribution in [-0.4, -0.2) is 19.8 Å². The molecule has 0 unspecified atom stereocenters. The number of halogens is 1. The maximum absolute atomic E-state index is 6.49. The van der Waals surface area contributed by atoms with Crippen LogP contribution >= 0.6 is 12.4 Å². The number of benzene rings is 2. The molecule has 0 aliphatic rings. The molecule has 0 heterocycles. The number of ether oxygens (including phenoxy) is 2. The van der Waals surface area contributed by atoms with Gasteiger partial charge in [0.25, 0.3) is 0 Å². The minimum Gasteiger partial charge on any atom is -0.491 e. The first-order valence-electron chi connectivity index (χ1n) is 11.7. The Hall–Kier alpha value is -1.55. The molecule has 0 aromatic heterocycles. The molecule has 0 atom stereocenters. The maximum atomic E-state index is 6.49. The fourth-order valence-electron chi connectivity index (χ4n) is 3.88. The standard InChI is InChI=1S/C27H41NO2.ClH/c1-4-5-6-7-8-10-14-23-15-13-18-26(27(2,3)28)25(23)19-20-29-21-22-30-24-16-11-9-12-17-24;/h9,11-13,15-18H,4-8,10,14,19-22,28H2,1-3H3;1H. The molecule has 0 fully saturated rings. The van der Waals surface area contributed by atoms with Crippen molar-refractivity contribution in [3.05, 3.63) is 65.2 Å². The van der Waals surface area contributed by atoms with Crippen molar-refractivity contribution < 1.29 is 9.47 Å². The van der Waals surface area contributed by atoms with E-state index in [1.54, 1.807) is 0 Å². The molecule has 0 saturated carbocycles. The molecule has 0 amide bonds. The van der Waals surface area contributed by atoms with Crippen molar-refractivity contribution in [1.29, 1.82) is 0 Å². The molecule has 3 nitrogen and oxygen atoms in total. The lowest BCUT2D eigenvalue weighted by Crippen LogP contribution is -2.30. The third kappa shape index (κ3) is 10.5. The van der Waals surface area contributed by atoms with Crippen molar-refractivity contribution >= 4 is 12.4 Å². The van der Waals surface area contributed by atoms with Gasteiger partial charge in [-0.25, -0.2) is 0 Å². The molecule has 0 spiro atoms. The summed E-state index contributed by atoms with van der Waals surface area (Å²) in [5.74, 6) is 0.887. The van der Waals surface area contributed by atoms with Crippen LogP contribution in [0.25, 0.3) is 0 Å². The van der Waals surface area contributed by atoms with E-state index in [-0.39, 0.29) is 17.9 Å². The molecule has 2 N–H and O–H groups in total. The molecule has 31 heavy (non-hydrogen) atoms. The zero-order chi connectivity index (χ0) is 21.7. The summed E-state index contributed by atoms with van der Waals surface area (Å²) in [6, 6.07) is 16.5. The predicted octanol–water partition coefficient (Wildman–Crippen LogP) is 6.84. The van der Waals surface area contributed by atoms with Gasteiger partial charge in [-0.2, -0.15) is 0 Å². The Morgan fingerprint density at radius 2 is 1.48 bits per heavy atom. The second-order valence-corrected chi connectivity index (χ2v) is 8.71. The fourth-order valence-corrected chi connectivity index (χ4v) is 3.88. The monoisotopic (exact) mass is 447 g/mol. The second kappa shape index (κ2) is 15.3. The predicted molar refractivity (Wildman–Crippen MR) is 134 cm³/mol. The largest absolute Gasteiger partial charge is 0.491 e. The zero-order valence-electron chi connectivity index (χ0n) is 19.7. The molecule has 4 heteroatoms. The lowest BCUT2D eigenvalue weighted by Gasteiger charge is -2.25. The lowest BCUT2D eigenvalue weighted by molar-refractivity contribution is 0.102. The number of rotatable bonds is 15. The molecule has 0 radical (unpaired) electrons. The van der Waals surface area contributed by atoms with E-state index in [2.05, 4.69) is 39.0 Å². The first-order valence-corrected chi connectivity index (χ1v) is 11.7. The lowest BCUT2D eigenvalue weighted by atomic mass is 9.85. The van der Waals surface area contributed by atoms with Crippen LogP contribution in [0, 0.1) is 0 Å². The summed E-state index contributed by atoms with van der Waals surface area (Å²) in [5.41, 5.74) is 10.2. The quantitative estimate of drug-likeness (QED) is 0.304. The van der Waals surface area contributed by atoms with Crippen LogP contribution in [0.15, 0.2) is 48.5 Å². The van der Waals surface area contributed by atoms with E-state index in [4.69, 9.17) is 15.2 Å². The van der Waals surface area contributed by atoms with E-state index >= 15 is 0 Å². The minimum atomic E-state index is -0.344. The Labute approximate surface area is 196 Å². The Bertz CT molecular complexity index is 713. The number of nitrogens with two attached hydrogens (primary N) is 1. The SMILES string of the molecule is CCCCCCCCc1cccc(C(C)(C)N)c1CCOCCOc1ccccc1.Cl. The summed E-state index contributed by atoms with van der Waals surface area (Å²) >= 11 is 0. The van der Waals surface area contributed by atoms with Crippen LogP contribution in [-0.2, 0) is 23.1 Å². The van der Waals surface area contributed by atoms with Crippen molar-refractivity contribution in [1.82, 2.24) is 0 Å². The first-order chi connectivity index (χ1) is 14.5. The first kappa shape index (κ1) is 27.5. The summed E-state index contributed by atoms with van der Waals surface area (Å²) in [6.07, 6.45) is 9.94. The van der Waals surface area contributed by atoms with E-state index < -0.39 is 0 Å². The summed E-state index contributed by atoms with van der Waals surface area (Å²) in [6.45, 7) is 8.30. The Morgan fingerprint density at radius 1 is 0.774 bits per heavy atom. The Balaban J connectivity index is 0.00000480. The molecule has 2 rings (SSSR count). The van der Waals surface area contributed by atoms with Crippen LogP contribution in [0.1, 0.15) is 76.0 Å². The highest BCUT2D eigenvalue weighted by Crippen LogP contribution is 2.26. The van der Waals surface area contributed by atoms with Crippen molar-refractivity contribution in [2.75, 3.05) is 19.8 Å². The summed E-state index contributed by atoms with van der Waals surface area (Å²) in [4.78, 5) is 0. The number of hydrogen-bond donors (Lipinski definition) is 1. The van der Waals surface area contributed by atoms with Crippen LogP contribution in [0.3, 0.4) is 0 Å². The van der Waals surface area contributed by atoms with Gasteiger partial charge in [-0.1, -0.05) is 75.4 Å². The topological polar surface area (TPSA) is 44.5 Å². The number of hydrogen-bond acceptors (Lipinski definition) is 3. The smallest absolute Gasteiger partial charge is 0.119 e. The molecule has 0 aliphatic heterocycles. The zero-order valence-corrected chi connectivity index (χ0v) is 20.5. The summed E-state index contributed by atoms with van der Waals surface area (Å²) in [7, 11) is 0. The van der Waals surface area contributed by atoms with Crippen molar-refractivity contribution in [3.8, 4) is 5.75 Å². The Morgan fingerprint density at radius 3 is 2.19 bits per heavy atom. The molecule has 0 aliphatic carbocycles. The molecule has 2 aromatic rings. The minimum absolute atomic E-state index is 0. The van der Waals surface area contributed by atoms with E-state index in [0.29, 0.717) is 19.8 Å². The van der Waals surface area contributed by atoms with Crippen LogP contribution in [0.2, 0.25) is 0 Å². The number of para-hydroxylation sites is 1. The van der Waals surface area contributed by atoms with Gasteiger partial charge in [0.15, 0.2) is 0 Å². The molecule has 0 saturated heterocycles. The second-order valence-electron chi connectivity index (χ2n) is 8.71. The maximum Gasteiger partial charge on any atom is 0.119 e. The highest BCUT2D eigenvalue weighted by atomic mass is 35.5. The van der Waals surface area contributed by atoms with Gasteiger partial charge in [0.2, 0.25) is 0 Å². The van der Waals surface area contributed by atoms with Gasteiger partial charge >= 0.3 is 0 Å². The fraction of sp³-hybridized carbons (Fsp3) is 0.556. The molecule has 174 valence electrons. The van der Waals surface area contributed by atoms with Crippen molar-refractivity contribution in [3.63, 3.8) is 0 Å². The molecular weight excluding hydrogens is 406 g/mol. The summed E-state index contributed by atoms with van der Waals surface area (Å²) in [5, 5.41) is 0. The van der Waals surface area contributed by atoms with Gasteiger partial charge < -0.3 is 15.2 Å². The average Bonchev–Trinajstić information content (AvgIpc) is 2.73. The van der Waals surface area contributed by atoms with Gasteiger partial charge in [-0.05, 0) is 61.9 Å². The highest BCUT2D eigenvalue weighted by Gasteiger charge is 2.20. The molecule has 0 bridgehead atoms. The van der Waals surface area contributed by atoms with Crippen LogP contribution in [0.4, 0.5) is 0 Å². The number of aryl methyl sites for hydroxylation is 1. The van der Waals surface area contributed by atoms with Gasteiger partial charge in [-0.15, -0.1) is 12.4 Å². The van der Waals surface area contributed by atoms with Crippen molar-refractivity contribution in [2.24, 2.45) is 5.73 Å². The number of unbranched alkanes of at least 4 members (excludes halogenated alkanes) is 5. The third-order valence-corrected chi connectivity index (χ3v) is 5.50. The van der Waals surface area contributed by atoms with Crippen molar-refractivity contribution in [2.45, 2.75) is 77.7 Å². The molecular formula is C27H42ClNO2. The van der Waals surface area contributed by atoms with Gasteiger partial charge in [0.1, 0.15) is 12.4 Å². The van der Waals surface area contributed by atoms with Gasteiger partial charge in [0.05, 0.1) is 13.2 Å². The van der Waals surface area contributed by atoms with E-state index in [9.17, 15) is 0 Å². The molecule has 2 aromatic carbocycles. The Kier molecular flexibility index (Phi) is 13.6. The van der Waals surface area contributed by atoms with Gasteiger partial charge in [0, 0.05) is 5.54 Å². The van der Waals surface area contributed by atoms with Gasteiger partial charge in [-0.3, -0.25) is 0 Å².